The van der Waals surface area contributed by atoms with Crippen LogP contribution in [0.25, 0.3) is 0 Å². The molecular weight excluding hydrogens is 242 g/mol. The van der Waals surface area contributed by atoms with Crippen LogP contribution in [-0.2, 0) is 0 Å². The summed E-state index contributed by atoms with van der Waals surface area (Å²) < 4.78 is 0. The number of aromatic nitrogens is 2. The van der Waals surface area contributed by atoms with E-state index >= 15 is 0 Å². The SMILES string of the molecule is CCCCCCl.Clc1ccnc(Cl)n1. The molecule has 0 aromatic carbocycles. The van der Waals surface area contributed by atoms with Gasteiger partial charge in [0.2, 0.25) is 5.28 Å². The highest BCUT2D eigenvalue weighted by atomic mass is 35.5. The average Bonchev–Trinajstić information content (AvgIpc) is 2.15. The first-order valence-electron chi connectivity index (χ1n) is 4.40. The Bertz CT molecular complexity index is 222. The van der Waals surface area contributed by atoms with Crippen molar-refractivity contribution in [1.82, 2.24) is 9.97 Å². The second-order valence-corrected chi connectivity index (χ2v) is 3.65. The molecule has 2 nitrogen and oxygen atoms in total. The molecule has 1 aromatic rings. The Labute approximate surface area is 99.6 Å². The highest BCUT2D eigenvalue weighted by Crippen LogP contribution is 2.04. The Morgan fingerprint density at radius 3 is 2.29 bits per heavy atom. The van der Waals surface area contributed by atoms with Crippen LogP contribution in [0.2, 0.25) is 10.4 Å². The predicted molar refractivity (Wildman–Crippen MR) is 62.3 cm³/mol. The molecule has 80 valence electrons. The molecule has 0 aliphatic carbocycles. The van der Waals surface area contributed by atoms with Crippen LogP contribution in [0.3, 0.4) is 0 Å². The van der Waals surface area contributed by atoms with Gasteiger partial charge in [0.15, 0.2) is 0 Å². The summed E-state index contributed by atoms with van der Waals surface area (Å²) in [6.45, 7) is 2.17. The molecule has 0 aliphatic rings. The number of hydrogen-bond acceptors (Lipinski definition) is 2. The Morgan fingerprint density at radius 2 is 2.00 bits per heavy atom. The lowest BCUT2D eigenvalue weighted by Crippen LogP contribution is -1.77. The van der Waals surface area contributed by atoms with E-state index in [0.717, 1.165) is 5.88 Å². The van der Waals surface area contributed by atoms with Crippen molar-refractivity contribution in [3.63, 3.8) is 0 Å². The van der Waals surface area contributed by atoms with Gasteiger partial charge in [-0.05, 0) is 24.1 Å². The Morgan fingerprint density at radius 1 is 1.29 bits per heavy atom. The number of rotatable bonds is 3. The van der Waals surface area contributed by atoms with Crippen molar-refractivity contribution < 1.29 is 0 Å². The minimum atomic E-state index is 0.178. The van der Waals surface area contributed by atoms with Crippen LogP contribution < -0.4 is 0 Å². The van der Waals surface area contributed by atoms with Crippen molar-refractivity contribution >= 4 is 34.8 Å². The van der Waals surface area contributed by atoms with Gasteiger partial charge < -0.3 is 0 Å². The third-order valence-corrected chi connectivity index (χ3v) is 1.99. The smallest absolute Gasteiger partial charge is 0.223 e. The van der Waals surface area contributed by atoms with Crippen molar-refractivity contribution in [3.8, 4) is 0 Å². The van der Waals surface area contributed by atoms with Crippen LogP contribution in [-0.4, -0.2) is 15.8 Å². The van der Waals surface area contributed by atoms with E-state index in [-0.39, 0.29) is 5.28 Å². The van der Waals surface area contributed by atoms with Crippen LogP contribution in [0.1, 0.15) is 26.2 Å². The molecule has 0 saturated carbocycles. The molecule has 1 rings (SSSR count). The minimum absolute atomic E-state index is 0.178. The molecule has 0 bridgehead atoms. The van der Waals surface area contributed by atoms with Crippen molar-refractivity contribution in [2.24, 2.45) is 0 Å². The molecule has 0 radical (unpaired) electrons. The van der Waals surface area contributed by atoms with Crippen LogP contribution in [0.5, 0.6) is 0 Å². The van der Waals surface area contributed by atoms with E-state index in [4.69, 9.17) is 34.8 Å². The van der Waals surface area contributed by atoms with Crippen molar-refractivity contribution in [2.75, 3.05) is 5.88 Å². The molecule has 1 aromatic heterocycles. The zero-order chi connectivity index (χ0) is 10.8. The zero-order valence-electron chi connectivity index (χ0n) is 8.01. The van der Waals surface area contributed by atoms with E-state index in [2.05, 4.69) is 16.9 Å². The average molecular weight is 256 g/mol. The second-order valence-electron chi connectivity index (χ2n) is 2.54. The van der Waals surface area contributed by atoms with Crippen LogP contribution in [0, 0.1) is 0 Å². The number of hydrogen-bond donors (Lipinski definition) is 0. The summed E-state index contributed by atoms with van der Waals surface area (Å²) in [5, 5.41) is 0.544. The second kappa shape index (κ2) is 9.50. The third-order valence-electron chi connectivity index (χ3n) is 1.33. The number of halogens is 3. The van der Waals surface area contributed by atoms with Crippen LogP contribution >= 0.6 is 34.8 Å². The van der Waals surface area contributed by atoms with E-state index in [1.165, 1.54) is 25.5 Å². The van der Waals surface area contributed by atoms with Crippen molar-refractivity contribution in [2.45, 2.75) is 26.2 Å². The van der Waals surface area contributed by atoms with Crippen molar-refractivity contribution in [3.05, 3.63) is 22.7 Å². The maximum Gasteiger partial charge on any atom is 0.223 e. The minimum Gasteiger partial charge on any atom is -0.226 e. The molecular formula is C9H13Cl3N2. The summed E-state index contributed by atoms with van der Waals surface area (Å²) in [5.41, 5.74) is 0. The van der Waals surface area contributed by atoms with Gasteiger partial charge in [0.25, 0.3) is 0 Å². The summed E-state index contributed by atoms with van der Waals surface area (Å²) in [7, 11) is 0. The molecule has 0 spiro atoms. The molecule has 0 unspecified atom stereocenters. The zero-order valence-corrected chi connectivity index (χ0v) is 10.3. The first-order chi connectivity index (χ1) is 6.70. The first kappa shape index (κ1) is 13.9. The van der Waals surface area contributed by atoms with Gasteiger partial charge in [-0.1, -0.05) is 31.4 Å². The predicted octanol–water partition coefficient (Wildman–Crippen LogP) is 4.20. The van der Waals surface area contributed by atoms with Gasteiger partial charge in [-0.2, -0.15) is 0 Å². The molecule has 0 N–H and O–H groups in total. The van der Waals surface area contributed by atoms with Gasteiger partial charge in [-0.25, -0.2) is 9.97 Å². The molecule has 0 fully saturated rings. The fraction of sp³-hybridized carbons (Fsp3) is 0.556. The summed E-state index contributed by atoms with van der Waals surface area (Å²) in [5.74, 6) is 0.827. The Balaban J connectivity index is 0.000000255. The number of alkyl halides is 1. The van der Waals surface area contributed by atoms with E-state index in [1.54, 1.807) is 6.07 Å². The molecule has 0 aliphatic heterocycles. The Kier molecular flexibility index (Phi) is 9.47. The van der Waals surface area contributed by atoms with E-state index < -0.39 is 0 Å². The molecule has 0 amide bonds. The lowest BCUT2D eigenvalue weighted by atomic mass is 10.3. The molecule has 1 heterocycles. The molecule has 5 heteroatoms. The van der Waals surface area contributed by atoms with Gasteiger partial charge in [0.1, 0.15) is 5.15 Å². The quantitative estimate of drug-likeness (QED) is 0.350. The number of nitrogens with zero attached hydrogens (tertiary/aromatic N) is 2. The van der Waals surface area contributed by atoms with Crippen LogP contribution in [0.4, 0.5) is 0 Å². The summed E-state index contributed by atoms with van der Waals surface area (Å²) in [4.78, 5) is 7.20. The van der Waals surface area contributed by atoms with E-state index in [9.17, 15) is 0 Å². The van der Waals surface area contributed by atoms with E-state index in [0.29, 0.717) is 5.15 Å². The van der Waals surface area contributed by atoms with Crippen molar-refractivity contribution in [1.29, 1.82) is 0 Å². The molecule has 0 atom stereocenters. The lowest BCUT2D eigenvalue weighted by Gasteiger charge is -1.85. The van der Waals surface area contributed by atoms with Gasteiger partial charge >= 0.3 is 0 Å². The van der Waals surface area contributed by atoms with E-state index in [1.807, 2.05) is 0 Å². The topological polar surface area (TPSA) is 25.8 Å². The fourth-order valence-electron chi connectivity index (χ4n) is 0.659. The molecule has 14 heavy (non-hydrogen) atoms. The maximum atomic E-state index is 5.41. The lowest BCUT2D eigenvalue weighted by molar-refractivity contribution is 0.776. The van der Waals surface area contributed by atoms with Gasteiger partial charge in [-0.3, -0.25) is 0 Å². The van der Waals surface area contributed by atoms with Gasteiger partial charge in [0.05, 0.1) is 0 Å². The fourth-order valence-corrected chi connectivity index (χ4v) is 1.18. The summed E-state index contributed by atoms with van der Waals surface area (Å²) in [6.07, 6.45) is 5.23. The summed E-state index contributed by atoms with van der Waals surface area (Å²) >= 11 is 16.1. The highest BCUT2D eigenvalue weighted by molar-refractivity contribution is 6.31. The normalized spacial score (nSPS) is 9.14. The first-order valence-corrected chi connectivity index (χ1v) is 5.69. The summed E-state index contributed by atoms with van der Waals surface area (Å²) in [6, 6.07) is 1.56. The monoisotopic (exact) mass is 254 g/mol. The van der Waals surface area contributed by atoms with Gasteiger partial charge in [-0.15, -0.1) is 11.6 Å². The number of unbranched alkanes of at least 4 members (excludes halogenated alkanes) is 2. The molecule has 0 saturated heterocycles. The Hall–Kier alpha value is -0.0500. The highest BCUT2D eigenvalue weighted by Gasteiger charge is 1.88. The van der Waals surface area contributed by atoms with Gasteiger partial charge in [0, 0.05) is 12.1 Å². The van der Waals surface area contributed by atoms with Crippen LogP contribution in [0.15, 0.2) is 12.3 Å². The maximum absolute atomic E-state index is 5.41. The third kappa shape index (κ3) is 8.54. The standard InChI is InChI=1S/C5H11Cl.C4H2Cl2N2/c1-2-3-4-5-6;5-3-1-2-7-4(6)8-3/h2-5H2,1H3;1-2H. The largest absolute Gasteiger partial charge is 0.226 e.